The molecule has 0 bridgehead atoms. The van der Waals surface area contributed by atoms with Crippen LogP contribution in [0.25, 0.3) is 0 Å². The van der Waals surface area contributed by atoms with Crippen molar-refractivity contribution in [2.45, 2.75) is 52.5 Å². The van der Waals surface area contributed by atoms with Crippen molar-refractivity contribution in [1.29, 1.82) is 0 Å². The summed E-state index contributed by atoms with van der Waals surface area (Å²) in [6, 6.07) is 4.08. The zero-order valence-corrected chi connectivity index (χ0v) is 15.8. The van der Waals surface area contributed by atoms with Crippen molar-refractivity contribution in [2.24, 2.45) is 11.3 Å². The molecule has 2 aromatic heterocycles. The van der Waals surface area contributed by atoms with E-state index >= 15 is 0 Å². The lowest BCUT2D eigenvalue weighted by Gasteiger charge is -2.24. The van der Waals surface area contributed by atoms with Crippen LogP contribution in [0, 0.1) is 11.3 Å². The SMILES string of the molecule is CC(C)Cc1nc(CN(C)C(=O)C2(c3cccs3)CC2(C)C)no1. The van der Waals surface area contributed by atoms with E-state index in [4.69, 9.17) is 4.52 Å². The fraction of sp³-hybridized carbons (Fsp3) is 0.611. The topological polar surface area (TPSA) is 59.2 Å². The number of hydrogen-bond donors (Lipinski definition) is 0. The molecule has 1 saturated carbocycles. The summed E-state index contributed by atoms with van der Waals surface area (Å²) < 4.78 is 5.27. The number of aromatic nitrogens is 2. The summed E-state index contributed by atoms with van der Waals surface area (Å²) in [4.78, 5) is 20.5. The smallest absolute Gasteiger partial charge is 0.234 e. The van der Waals surface area contributed by atoms with E-state index in [9.17, 15) is 4.79 Å². The van der Waals surface area contributed by atoms with Crippen LogP contribution < -0.4 is 0 Å². The van der Waals surface area contributed by atoms with Gasteiger partial charge in [0, 0.05) is 18.3 Å². The van der Waals surface area contributed by atoms with Gasteiger partial charge in [-0.2, -0.15) is 4.98 Å². The van der Waals surface area contributed by atoms with E-state index in [0.29, 0.717) is 24.2 Å². The first-order valence-corrected chi connectivity index (χ1v) is 9.25. The Kier molecular flexibility index (Phi) is 4.28. The maximum Gasteiger partial charge on any atom is 0.234 e. The molecule has 2 aromatic rings. The third kappa shape index (κ3) is 2.88. The molecule has 1 unspecified atom stereocenters. The number of amides is 1. The van der Waals surface area contributed by atoms with Crippen LogP contribution in [-0.4, -0.2) is 28.0 Å². The number of likely N-dealkylation sites (N-methyl/N-ethyl adjacent to an activating group) is 1. The second-order valence-corrected chi connectivity index (χ2v) is 8.75. The Balaban J connectivity index is 1.74. The van der Waals surface area contributed by atoms with Gasteiger partial charge in [0.05, 0.1) is 12.0 Å². The summed E-state index contributed by atoms with van der Waals surface area (Å²) in [7, 11) is 1.82. The summed E-state index contributed by atoms with van der Waals surface area (Å²) in [6.07, 6.45) is 1.64. The van der Waals surface area contributed by atoms with E-state index in [1.54, 1.807) is 16.2 Å². The average Bonchev–Trinajstić information content (AvgIpc) is 2.95. The Morgan fingerprint density at radius 1 is 1.46 bits per heavy atom. The second-order valence-electron chi connectivity index (χ2n) is 7.81. The van der Waals surface area contributed by atoms with Gasteiger partial charge in [0.25, 0.3) is 0 Å². The summed E-state index contributed by atoms with van der Waals surface area (Å²) in [5.74, 6) is 1.82. The Labute approximate surface area is 147 Å². The Morgan fingerprint density at radius 3 is 2.71 bits per heavy atom. The van der Waals surface area contributed by atoms with Crippen molar-refractivity contribution in [3.8, 4) is 0 Å². The van der Waals surface area contributed by atoms with E-state index < -0.39 is 5.41 Å². The molecule has 0 aliphatic heterocycles. The lowest BCUT2D eigenvalue weighted by Crippen LogP contribution is -2.38. The van der Waals surface area contributed by atoms with Crippen LogP contribution in [-0.2, 0) is 23.2 Å². The fourth-order valence-electron chi connectivity index (χ4n) is 3.43. The Morgan fingerprint density at radius 2 is 2.17 bits per heavy atom. The molecular formula is C18H25N3O2S. The number of thiophene rings is 1. The number of rotatable bonds is 6. The normalized spacial score (nSPS) is 21.9. The molecule has 6 heteroatoms. The van der Waals surface area contributed by atoms with Crippen LogP contribution >= 0.6 is 11.3 Å². The number of carbonyl (C=O) groups is 1. The zero-order valence-electron chi connectivity index (χ0n) is 15.0. The van der Waals surface area contributed by atoms with E-state index in [2.05, 4.69) is 43.9 Å². The van der Waals surface area contributed by atoms with Crippen molar-refractivity contribution in [3.05, 3.63) is 34.1 Å². The van der Waals surface area contributed by atoms with Gasteiger partial charge in [0.15, 0.2) is 5.82 Å². The van der Waals surface area contributed by atoms with Crippen LogP contribution in [0.5, 0.6) is 0 Å². The minimum atomic E-state index is -0.402. The highest BCUT2D eigenvalue weighted by atomic mass is 32.1. The molecule has 0 aromatic carbocycles. The third-order valence-corrected chi connectivity index (χ3v) is 5.89. The summed E-state index contributed by atoms with van der Waals surface area (Å²) in [5.41, 5.74) is -0.413. The predicted molar refractivity (Wildman–Crippen MR) is 93.7 cm³/mol. The van der Waals surface area contributed by atoms with Crippen molar-refractivity contribution in [2.75, 3.05) is 7.05 Å². The van der Waals surface area contributed by atoms with Crippen molar-refractivity contribution < 1.29 is 9.32 Å². The second kappa shape index (κ2) is 5.99. The van der Waals surface area contributed by atoms with Crippen molar-refractivity contribution in [3.63, 3.8) is 0 Å². The molecule has 24 heavy (non-hydrogen) atoms. The average molecular weight is 347 g/mol. The summed E-state index contributed by atoms with van der Waals surface area (Å²) in [6.45, 7) is 8.92. The van der Waals surface area contributed by atoms with Gasteiger partial charge in [-0.05, 0) is 29.2 Å². The van der Waals surface area contributed by atoms with Gasteiger partial charge >= 0.3 is 0 Å². The molecule has 3 rings (SSSR count). The molecule has 0 N–H and O–H groups in total. The molecule has 1 atom stereocenters. The van der Waals surface area contributed by atoms with Crippen LogP contribution in [0.15, 0.2) is 22.0 Å². The van der Waals surface area contributed by atoms with Gasteiger partial charge in [-0.1, -0.05) is 38.9 Å². The van der Waals surface area contributed by atoms with Crippen molar-refractivity contribution in [1.82, 2.24) is 15.0 Å². The van der Waals surface area contributed by atoms with Crippen LogP contribution in [0.1, 0.15) is 50.7 Å². The van der Waals surface area contributed by atoms with Gasteiger partial charge in [0.2, 0.25) is 11.8 Å². The minimum absolute atomic E-state index is 0.0107. The first-order valence-electron chi connectivity index (χ1n) is 8.37. The summed E-state index contributed by atoms with van der Waals surface area (Å²) >= 11 is 1.66. The fourth-order valence-corrected chi connectivity index (χ4v) is 4.53. The van der Waals surface area contributed by atoms with Crippen LogP contribution in [0.2, 0.25) is 0 Å². The monoisotopic (exact) mass is 347 g/mol. The zero-order chi connectivity index (χ0) is 17.5. The van der Waals surface area contributed by atoms with Gasteiger partial charge in [-0.3, -0.25) is 4.79 Å². The lowest BCUT2D eigenvalue weighted by atomic mass is 9.92. The maximum absolute atomic E-state index is 13.2. The predicted octanol–water partition coefficient (Wildman–Crippen LogP) is 3.66. The molecule has 0 radical (unpaired) electrons. The van der Waals surface area contributed by atoms with E-state index in [1.165, 1.54) is 0 Å². The number of carbonyl (C=O) groups excluding carboxylic acids is 1. The molecule has 5 nitrogen and oxygen atoms in total. The van der Waals surface area contributed by atoms with Gasteiger partial charge in [-0.25, -0.2) is 0 Å². The van der Waals surface area contributed by atoms with Crippen molar-refractivity contribution >= 4 is 17.2 Å². The molecule has 1 aliphatic rings. The van der Waals surface area contributed by atoms with E-state index in [0.717, 1.165) is 17.7 Å². The molecule has 0 spiro atoms. The molecule has 1 aliphatic carbocycles. The highest BCUT2D eigenvalue weighted by Crippen LogP contribution is 2.66. The number of hydrogen-bond acceptors (Lipinski definition) is 5. The molecule has 0 saturated heterocycles. The van der Waals surface area contributed by atoms with E-state index in [1.807, 2.05) is 18.5 Å². The Bertz CT molecular complexity index is 720. The molecule has 2 heterocycles. The van der Waals surface area contributed by atoms with Crippen LogP contribution in [0.3, 0.4) is 0 Å². The highest BCUT2D eigenvalue weighted by molar-refractivity contribution is 7.10. The highest BCUT2D eigenvalue weighted by Gasteiger charge is 2.68. The number of nitrogens with zero attached hydrogens (tertiary/aromatic N) is 3. The molecule has 1 fully saturated rings. The van der Waals surface area contributed by atoms with Gasteiger partial charge in [-0.15, -0.1) is 11.3 Å². The largest absolute Gasteiger partial charge is 0.339 e. The minimum Gasteiger partial charge on any atom is -0.339 e. The van der Waals surface area contributed by atoms with E-state index in [-0.39, 0.29) is 11.3 Å². The Hall–Kier alpha value is -1.69. The van der Waals surface area contributed by atoms with Gasteiger partial charge in [0.1, 0.15) is 0 Å². The lowest BCUT2D eigenvalue weighted by molar-refractivity contribution is -0.134. The maximum atomic E-state index is 13.2. The molecular weight excluding hydrogens is 322 g/mol. The third-order valence-electron chi connectivity index (χ3n) is 4.86. The first kappa shape index (κ1) is 17.1. The van der Waals surface area contributed by atoms with Crippen LogP contribution in [0.4, 0.5) is 0 Å². The van der Waals surface area contributed by atoms with Gasteiger partial charge < -0.3 is 9.42 Å². The molecule has 130 valence electrons. The standard InChI is InChI=1S/C18H25N3O2S/c1-12(2)9-15-19-14(20-23-15)10-21(5)16(22)18(11-17(18,3)4)13-7-6-8-24-13/h6-8,12H,9-11H2,1-5H3. The summed E-state index contributed by atoms with van der Waals surface area (Å²) in [5, 5.41) is 6.05. The first-order chi connectivity index (χ1) is 11.3. The molecule has 1 amide bonds. The quantitative estimate of drug-likeness (QED) is 0.800.